The van der Waals surface area contributed by atoms with Crippen LogP contribution in [0.2, 0.25) is 0 Å². The fraction of sp³-hybridized carbons (Fsp3) is 0.957. The molecule has 5 nitrogen and oxygen atoms in total. The third-order valence-electron chi connectivity index (χ3n) is 7.97. The number of amides is 2. The third kappa shape index (κ3) is 3.94. The maximum absolute atomic E-state index is 13.6. The molecule has 0 radical (unpaired) electrons. The molecule has 2 aliphatic carbocycles. The zero-order valence-corrected chi connectivity index (χ0v) is 18.7. The second-order valence-corrected chi connectivity index (χ2v) is 10.7. The fourth-order valence-electron chi connectivity index (χ4n) is 6.27. The van der Waals surface area contributed by atoms with E-state index in [1.807, 2.05) is 0 Å². The molecule has 2 amide bonds. The molecular formula is C23H42N2O3. The first-order chi connectivity index (χ1) is 13.1. The minimum absolute atomic E-state index is 0.0180. The standard InChI is InChI=1S/C23H42N2O3/c1-13(2)17-9-7-15(5)11-19(17)24-21(26)22(27)25(23(24)28)20-12-16(6)8-10-18(20)14(3)4/h13-22,26-27H,7-12H2,1-6H3. The molecule has 3 rings (SSSR count). The monoisotopic (exact) mass is 394 g/mol. The van der Waals surface area contributed by atoms with E-state index in [-0.39, 0.29) is 18.1 Å². The molecule has 8 unspecified atom stereocenters. The molecule has 0 aromatic rings. The number of urea groups is 1. The summed E-state index contributed by atoms with van der Waals surface area (Å²) in [5, 5.41) is 21.9. The van der Waals surface area contributed by atoms with Crippen LogP contribution in [0.5, 0.6) is 0 Å². The SMILES string of the molecule is CC1CCC(C(C)C)C(N2C(=O)N(C3CC(C)CCC3C(C)C)C(O)C2O)C1. The smallest absolute Gasteiger partial charge is 0.324 e. The molecule has 28 heavy (non-hydrogen) atoms. The predicted molar refractivity (Wildman–Crippen MR) is 111 cm³/mol. The maximum Gasteiger partial charge on any atom is 0.324 e. The Morgan fingerprint density at radius 1 is 0.750 bits per heavy atom. The van der Waals surface area contributed by atoms with Crippen LogP contribution in [0.25, 0.3) is 0 Å². The zero-order chi connectivity index (χ0) is 20.7. The van der Waals surface area contributed by atoms with Crippen LogP contribution in [0.15, 0.2) is 0 Å². The van der Waals surface area contributed by atoms with E-state index in [2.05, 4.69) is 41.5 Å². The van der Waals surface area contributed by atoms with Crippen LogP contribution in [0.4, 0.5) is 4.79 Å². The second kappa shape index (κ2) is 8.51. The van der Waals surface area contributed by atoms with Crippen molar-refractivity contribution in [3.63, 3.8) is 0 Å². The van der Waals surface area contributed by atoms with Crippen molar-refractivity contribution in [2.75, 3.05) is 0 Å². The number of hydrogen-bond donors (Lipinski definition) is 2. The molecule has 0 aromatic carbocycles. The van der Waals surface area contributed by atoms with Crippen molar-refractivity contribution in [3.05, 3.63) is 0 Å². The molecule has 3 fully saturated rings. The van der Waals surface area contributed by atoms with E-state index in [9.17, 15) is 15.0 Å². The lowest BCUT2D eigenvalue weighted by molar-refractivity contribution is -0.103. The van der Waals surface area contributed by atoms with Crippen molar-refractivity contribution >= 4 is 6.03 Å². The van der Waals surface area contributed by atoms with E-state index in [0.717, 1.165) is 25.7 Å². The average molecular weight is 395 g/mol. The van der Waals surface area contributed by atoms with Crippen molar-refractivity contribution in [2.24, 2.45) is 35.5 Å². The number of hydrogen-bond acceptors (Lipinski definition) is 3. The van der Waals surface area contributed by atoms with E-state index >= 15 is 0 Å². The molecule has 1 heterocycles. The lowest BCUT2D eigenvalue weighted by Gasteiger charge is -2.44. The molecule has 2 saturated carbocycles. The Morgan fingerprint density at radius 3 is 1.43 bits per heavy atom. The zero-order valence-electron chi connectivity index (χ0n) is 18.7. The van der Waals surface area contributed by atoms with Crippen LogP contribution >= 0.6 is 0 Å². The van der Waals surface area contributed by atoms with Gasteiger partial charge in [-0.25, -0.2) is 4.79 Å². The summed E-state index contributed by atoms with van der Waals surface area (Å²) in [6, 6.07) is -0.108. The molecular weight excluding hydrogens is 352 g/mol. The van der Waals surface area contributed by atoms with E-state index in [1.165, 1.54) is 12.8 Å². The largest absolute Gasteiger partial charge is 0.369 e. The summed E-state index contributed by atoms with van der Waals surface area (Å²) in [6.07, 6.45) is 4.14. The van der Waals surface area contributed by atoms with Crippen LogP contribution in [0.3, 0.4) is 0 Å². The van der Waals surface area contributed by atoms with Gasteiger partial charge in [-0.1, -0.05) is 54.4 Å². The lowest BCUT2D eigenvalue weighted by atomic mass is 9.73. The number of carbonyl (C=O) groups excluding carboxylic acids is 1. The average Bonchev–Trinajstić information content (AvgIpc) is 2.83. The number of aliphatic hydroxyl groups is 2. The van der Waals surface area contributed by atoms with Gasteiger partial charge in [-0.15, -0.1) is 0 Å². The Hall–Kier alpha value is -0.810. The molecule has 3 aliphatic rings. The first kappa shape index (κ1) is 21.9. The Labute approximate surface area is 171 Å². The Balaban J connectivity index is 1.88. The summed E-state index contributed by atoms with van der Waals surface area (Å²) in [6.45, 7) is 13.3. The van der Waals surface area contributed by atoms with Gasteiger partial charge < -0.3 is 10.2 Å². The number of nitrogens with zero attached hydrogens (tertiary/aromatic N) is 2. The minimum Gasteiger partial charge on any atom is -0.369 e. The quantitative estimate of drug-likeness (QED) is 0.748. The van der Waals surface area contributed by atoms with Gasteiger partial charge in [0.05, 0.1) is 0 Å². The molecule has 1 saturated heterocycles. The summed E-state index contributed by atoms with van der Waals surface area (Å²) in [7, 11) is 0. The van der Waals surface area contributed by atoms with Gasteiger partial charge in [0.1, 0.15) is 0 Å². The Bertz CT molecular complexity index is 506. The van der Waals surface area contributed by atoms with Crippen LogP contribution in [0.1, 0.15) is 80.1 Å². The molecule has 2 N–H and O–H groups in total. The highest BCUT2D eigenvalue weighted by molar-refractivity contribution is 5.78. The van der Waals surface area contributed by atoms with Gasteiger partial charge in [-0.3, -0.25) is 9.80 Å². The molecule has 0 bridgehead atoms. The van der Waals surface area contributed by atoms with E-state index in [1.54, 1.807) is 9.80 Å². The van der Waals surface area contributed by atoms with E-state index in [4.69, 9.17) is 0 Å². The van der Waals surface area contributed by atoms with Crippen LogP contribution < -0.4 is 0 Å². The second-order valence-electron chi connectivity index (χ2n) is 10.7. The number of aliphatic hydroxyl groups excluding tert-OH is 2. The molecule has 0 aromatic heterocycles. The lowest BCUT2D eigenvalue weighted by Crippen LogP contribution is -2.52. The van der Waals surface area contributed by atoms with Crippen molar-refractivity contribution in [3.8, 4) is 0 Å². The van der Waals surface area contributed by atoms with Gasteiger partial charge in [0.25, 0.3) is 0 Å². The van der Waals surface area contributed by atoms with Crippen LogP contribution in [0, 0.1) is 35.5 Å². The van der Waals surface area contributed by atoms with Gasteiger partial charge in [-0.05, 0) is 61.2 Å². The molecule has 1 aliphatic heterocycles. The Morgan fingerprint density at radius 2 is 1.11 bits per heavy atom. The minimum atomic E-state index is -1.12. The van der Waals surface area contributed by atoms with Gasteiger partial charge in [0, 0.05) is 12.1 Å². The number of rotatable bonds is 4. The van der Waals surface area contributed by atoms with Crippen molar-refractivity contribution in [1.82, 2.24) is 9.80 Å². The van der Waals surface area contributed by atoms with Crippen molar-refractivity contribution in [2.45, 2.75) is 105 Å². The third-order valence-corrected chi connectivity index (χ3v) is 7.97. The summed E-state index contributed by atoms with van der Waals surface area (Å²) < 4.78 is 0. The highest BCUT2D eigenvalue weighted by Crippen LogP contribution is 2.43. The predicted octanol–water partition coefficient (Wildman–Crippen LogP) is 4.28. The molecule has 162 valence electrons. The van der Waals surface area contributed by atoms with Gasteiger partial charge in [0.2, 0.25) is 0 Å². The summed E-state index contributed by atoms with van der Waals surface area (Å²) >= 11 is 0. The van der Waals surface area contributed by atoms with Gasteiger partial charge in [0.15, 0.2) is 12.5 Å². The molecule has 5 heteroatoms. The van der Waals surface area contributed by atoms with Crippen LogP contribution in [-0.2, 0) is 0 Å². The molecule has 0 spiro atoms. The van der Waals surface area contributed by atoms with E-state index in [0.29, 0.717) is 35.5 Å². The fourth-order valence-corrected chi connectivity index (χ4v) is 6.27. The highest BCUT2D eigenvalue weighted by atomic mass is 16.4. The Kier molecular flexibility index (Phi) is 6.65. The highest BCUT2D eigenvalue weighted by Gasteiger charge is 2.53. The summed E-state index contributed by atoms with van der Waals surface area (Å²) in [5.41, 5.74) is 0. The van der Waals surface area contributed by atoms with Crippen molar-refractivity contribution < 1.29 is 15.0 Å². The topological polar surface area (TPSA) is 64.0 Å². The molecule has 8 atom stereocenters. The first-order valence-corrected chi connectivity index (χ1v) is 11.6. The summed E-state index contributed by atoms with van der Waals surface area (Å²) in [5.74, 6) is 2.78. The normalized spacial score (nSPS) is 42.7. The van der Waals surface area contributed by atoms with Gasteiger partial charge >= 0.3 is 6.03 Å². The summed E-state index contributed by atoms with van der Waals surface area (Å²) in [4.78, 5) is 16.9. The van der Waals surface area contributed by atoms with Crippen LogP contribution in [-0.4, -0.2) is 50.6 Å². The number of carbonyl (C=O) groups is 1. The van der Waals surface area contributed by atoms with Gasteiger partial charge in [-0.2, -0.15) is 0 Å². The van der Waals surface area contributed by atoms with E-state index < -0.39 is 12.5 Å². The maximum atomic E-state index is 13.6. The van der Waals surface area contributed by atoms with Crippen molar-refractivity contribution in [1.29, 1.82) is 0 Å². The first-order valence-electron chi connectivity index (χ1n) is 11.6.